The van der Waals surface area contributed by atoms with Gasteiger partial charge in [-0.05, 0) is 30.5 Å². The molecule has 0 aromatic heterocycles. The van der Waals surface area contributed by atoms with Crippen molar-refractivity contribution in [2.45, 2.75) is 51.9 Å². The van der Waals surface area contributed by atoms with Gasteiger partial charge in [0.25, 0.3) is 0 Å². The monoisotopic (exact) mass is 284 g/mol. The fraction of sp³-hybridized carbons (Fsp3) is 0.571. The van der Waals surface area contributed by atoms with Gasteiger partial charge >= 0.3 is 10.4 Å². The lowest BCUT2D eigenvalue weighted by Crippen LogP contribution is -2.07. The molecule has 2 rings (SSSR count). The van der Waals surface area contributed by atoms with Crippen LogP contribution >= 0.6 is 0 Å². The first kappa shape index (κ1) is 14.2. The van der Waals surface area contributed by atoms with E-state index in [1.54, 1.807) is 12.1 Å². The van der Waals surface area contributed by atoms with Crippen molar-refractivity contribution >= 4 is 10.4 Å². The number of hydrogen-bond donors (Lipinski definition) is 0. The minimum absolute atomic E-state index is 0.284. The van der Waals surface area contributed by atoms with Crippen LogP contribution in [0.25, 0.3) is 0 Å². The predicted octanol–water partition coefficient (Wildman–Crippen LogP) is 3.61. The molecule has 0 bridgehead atoms. The summed E-state index contributed by atoms with van der Waals surface area (Å²) in [5, 5.41) is 0. The second-order valence-electron chi connectivity index (χ2n) is 4.87. The molecule has 106 valence electrons. The van der Waals surface area contributed by atoms with Gasteiger partial charge in [-0.2, -0.15) is 0 Å². The van der Waals surface area contributed by atoms with E-state index in [0.29, 0.717) is 5.75 Å². The molecule has 1 heterocycles. The molecule has 1 aromatic carbocycles. The minimum atomic E-state index is -3.86. The van der Waals surface area contributed by atoms with Crippen LogP contribution in [0.2, 0.25) is 0 Å². The summed E-state index contributed by atoms with van der Waals surface area (Å²) in [6.07, 6.45) is 8.42. The van der Waals surface area contributed by atoms with Gasteiger partial charge in [0.2, 0.25) is 0 Å². The van der Waals surface area contributed by atoms with Gasteiger partial charge in [0.15, 0.2) is 11.5 Å². The lowest BCUT2D eigenvalue weighted by atomic mass is 10.0. The molecular weight excluding hydrogens is 264 g/mol. The highest BCUT2D eigenvalue weighted by molar-refractivity contribution is 7.82. The molecule has 0 spiro atoms. The highest BCUT2D eigenvalue weighted by atomic mass is 32.3. The summed E-state index contributed by atoms with van der Waals surface area (Å²) in [6.45, 7) is 2.21. The highest BCUT2D eigenvalue weighted by Gasteiger charge is 2.28. The molecule has 0 saturated heterocycles. The maximum absolute atomic E-state index is 11.1. The van der Waals surface area contributed by atoms with Crippen LogP contribution in [0.3, 0.4) is 0 Å². The number of unbranched alkanes of at least 4 members (excludes halogenated alkanes) is 5. The van der Waals surface area contributed by atoms with Gasteiger partial charge in [-0.1, -0.05) is 45.1 Å². The van der Waals surface area contributed by atoms with Gasteiger partial charge in [0, 0.05) is 0 Å². The zero-order valence-corrected chi connectivity index (χ0v) is 12.0. The molecule has 19 heavy (non-hydrogen) atoms. The fourth-order valence-electron chi connectivity index (χ4n) is 2.19. The molecule has 0 N–H and O–H groups in total. The molecule has 1 aliphatic rings. The van der Waals surface area contributed by atoms with Crippen LogP contribution in [-0.4, -0.2) is 8.42 Å². The summed E-state index contributed by atoms with van der Waals surface area (Å²) in [7, 11) is -3.86. The third kappa shape index (κ3) is 4.13. The maximum atomic E-state index is 11.1. The Labute approximate surface area is 115 Å². The Morgan fingerprint density at radius 1 is 0.947 bits per heavy atom. The van der Waals surface area contributed by atoms with Crippen LogP contribution in [-0.2, 0) is 16.8 Å². The van der Waals surface area contributed by atoms with E-state index in [9.17, 15) is 8.42 Å². The summed E-state index contributed by atoms with van der Waals surface area (Å²) in [5.41, 5.74) is 1.09. The molecule has 0 aliphatic carbocycles. The molecule has 0 unspecified atom stereocenters. The number of aryl methyl sites for hydroxylation is 1. The van der Waals surface area contributed by atoms with E-state index in [1.807, 2.05) is 6.07 Å². The van der Waals surface area contributed by atoms with E-state index >= 15 is 0 Å². The van der Waals surface area contributed by atoms with Gasteiger partial charge in [-0.15, -0.1) is 8.42 Å². The Balaban J connectivity index is 1.80. The van der Waals surface area contributed by atoms with Gasteiger partial charge in [0.05, 0.1) is 0 Å². The second kappa shape index (κ2) is 6.28. The van der Waals surface area contributed by atoms with E-state index in [0.717, 1.165) is 18.4 Å². The Kier molecular flexibility index (Phi) is 4.69. The van der Waals surface area contributed by atoms with Crippen LogP contribution in [0.5, 0.6) is 11.5 Å². The van der Waals surface area contributed by atoms with E-state index in [-0.39, 0.29) is 5.75 Å². The van der Waals surface area contributed by atoms with Crippen molar-refractivity contribution in [2.24, 2.45) is 0 Å². The fourth-order valence-corrected chi connectivity index (χ4v) is 2.93. The molecule has 0 amide bonds. The van der Waals surface area contributed by atoms with Gasteiger partial charge in [-0.3, -0.25) is 0 Å². The molecular formula is C14H20O4S. The highest BCUT2D eigenvalue weighted by Crippen LogP contribution is 2.36. The van der Waals surface area contributed by atoms with Crippen molar-refractivity contribution in [1.82, 2.24) is 0 Å². The average molecular weight is 284 g/mol. The predicted molar refractivity (Wildman–Crippen MR) is 73.7 cm³/mol. The summed E-state index contributed by atoms with van der Waals surface area (Å²) >= 11 is 0. The Morgan fingerprint density at radius 2 is 1.63 bits per heavy atom. The average Bonchev–Trinajstić information content (AvgIpc) is 2.66. The quantitative estimate of drug-likeness (QED) is 0.718. The van der Waals surface area contributed by atoms with Gasteiger partial charge < -0.3 is 8.37 Å². The van der Waals surface area contributed by atoms with Crippen LogP contribution in [0.4, 0.5) is 0 Å². The third-order valence-electron chi connectivity index (χ3n) is 3.21. The van der Waals surface area contributed by atoms with E-state index in [2.05, 4.69) is 11.1 Å². The lowest BCUT2D eigenvalue weighted by Gasteiger charge is -2.02. The number of benzene rings is 1. The first-order valence-electron chi connectivity index (χ1n) is 6.87. The zero-order valence-electron chi connectivity index (χ0n) is 11.2. The van der Waals surface area contributed by atoms with Crippen molar-refractivity contribution in [2.75, 3.05) is 0 Å². The summed E-state index contributed by atoms with van der Waals surface area (Å²) in [6, 6.07) is 5.31. The Hall–Kier alpha value is -1.23. The number of fused-ring (bicyclic) bond motifs is 1. The van der Waals surface area contributed by atoms with Crippen LogP contribution < -0.4 is 8.37 Å². The van der Waals surface area contributed by atoms with E-state index in [1.165, 1.54) is 32.1 Å². The third-order valence-corrected chi connectivity index (χ3v) is 3.98. The minimum Gasteiger partial charge on any atom is -0.349 e. The summed E-state index contributed by atoms with van der Waals surface area (Å²) in [4.78, 5) is 0. The van der Waals surface area contributed by atoms with Crippen molar-refractivity contribution in [3.05, 3.63) is 23.8 Å². The summed E-state index contributed by atoms with van der Waals surface area (Å²) < 4.78 is 31.6. The number of rotatable bonds is 7. The number of hydrogen-bond acceptors (Lipinski definition) is 4. The molecule has 4 nitrogen and oxygen atoms in total. The van der Waals surface area contributed by atoms with E-state index in [4.69, 9.17) is 4.18 Å². The molecule has 5 heteroatoms. The molecule has 1 aromatic rings. The van der Waals surface area contributed by atoms with Crippen LogP contribution in [0.15, 0.2) is 18.2 Å². The normalized spacial score (nSPS) is 15.6. The maximum Gasteiger partial charge on any atom is 0.501 e. The van der Waals surface area contributed by atoms with Crippen molar-refractivity contribution in [1.29, 1.82) is 0 Å². The largest absolute Gasteiger partial charge is 0.501 e. The Morgan fingerprint density at radius 3 is 2.42 bits per heavy atom. The van der Waals surface area contributed by atoms with Crippen molar-refractivity contribution in [3.63, 3.8) is 0 Å². The molecule has 0 fully saturated rings. The smallest absolute Gasteiger partial charge is 0.349 e. The molecule has 1 aliphatic heterocycles. The summed E-state index contributed by atoms with van der Waals surface area (Å²) in [5.74, 6) is 0.593. The van der Waals surface area contributed by atoms with Gasteiger partial charge in [-0.25, -0.2) is 0 Å². The standard InChI is InChI=1S/C14H20O4S/c1-2-3-4-5-6-7-8-12-9-10-13-14(11-12)18-19(15,16)17-13/h9-11H,2-8H2,1H3. The molecule has 0 saturated carbocycles. The molecule has 0 atom stereocenters. The van der Waals surface area contributed by atoms with Crippen molar-refractivity contribution < 1.29 is 16.8 Å². The zero-order chi connectivity index (χ0) is 13.7. The lowest BCUT2D eigenvalue weighted by molar-refractivity contribution is 0.436. The Bertz CT molecular complexity index is 522. The second-order valence-corrected chi connectivity index (χ2v) is 6.02. The van der Waals surface area contributed by atoms with Crippen LogP contribution in [0, 0.1) is 0 Å². The van der Waals surface area contributed by atoms with Crippen molar-refractivity contribution in [3.8, 4) is 11.5 Å². The SMILES string of the molecule is CCCCCCCCc1ccc2c(c1)OS(=O)(=O)O2. The first-order valence-corrected chi connectivity index (χ1v) is 8.21. The molecule has 0 radical (unpaired) electrons. The van der Waals surface area contributed by atoms with Gasteiger partial charge in [0.1, 0.15) is 0 Å². The van der Waals surface area contributed by atoms with E-state index < -0.39 is 10.4 Å². The van der Waals surface area contributed by atoms with Crippen LogP contribution in [0.1, 0.15) is 51.0 Å². The topological polar surface area (TPSA) is 52.6 Å². The first-order chi connectivity index (χ1) is 9.11.